The van der Waals surface area contributed by atoms with Crippen LogP contribution in [-0.4, -0.2) is 78.4 Å². The molecule has 2 saturated heterocycles. The van der Waals surface area contributed by atoms with Crippen LogP contribution in [0.25, 0.3) is 32.9 Å². The van der Waals surface area contributed by atoms with Crippen molar-refractivity contribution in [2.45, 2.75) is 42.3 Å². The molecule has 0 spiro atoms. The summed E-state index contributed by atoms with van der Waals surface area (Å²) in [5, 5.41) is 11.3. The van der Waals surface area contributed by atoms with E-state index in [9.17, 15) is 26.2 Å². The first-order chi connectivity index (χ1) is 23.9. The summed E-state index contributed by atoms with van der Waals surface area (Å²) in [6, 6.07) is 10.5. The molecule has 0 aliphatic carbocycles. The maximum Gasteiger partial charge on any atom is 0.332 e. The maximum atomic E-state index is 16.8. The number of anilines is 1. The molecule has 1 N–H and O–H groups in total. The Kier molecular flexibility index (Phi) is 8.52. The number of rotatable bonds is 9. The summed E-state index contributed by atoms with van der Waals surface area (Å²) in [7, 11) is -3.25. The van der Waals surface area contributed by atoms with Gasteiger partial charge in [-0.2, -0.15) is 13.4 Å². The SMILES string of the molecule is C#Cc1c(F)ccc2cc(O)cc(-c3nc(N(C)CCc4cccc(S(=O)(=O)F)c4)c4cnc(OC[C@@]56CCCN5C[C@H](F)C6)nc4c3F)c12. The van der Waals surface area contributed by atoms with Crippen LogP contribution in [0.2, 0.25) is 0 Å². The molecule has 2 aliphatic heterocycles. The Morgan fingerprint density at radius 2 is 2.00 bits per heavy atom. The van der Waals surface area contributed by atoms with Crippen molar-refractivity contribution in [1.29, 1.82) is 0 Å². The minimum absolute atomic E-state index is 0.0175. The Hall–Kier alpha value is -5.00. The van der Waals surface area contributed by atoms with Gasteiger partial charge >= 0.3 is 16.2 Å². The summed E-state index contributed by atoms with van der Waals surface area (Å²) in [5.41, 5.74) is -0.577. The number of pyridine rings is 1. The van der Waals surface area contributed by atoms with Gasteiger partial charge in [0.1, 0.15) is 41.4 Å². The summed E-state index contributed by atoms with van der Waals surface area (Å²) in [4.78, 5) is 16.7. The number of hydrogen-bond acceptors (Lipinski definition) is 9. The molecule has 258 valence electrons. The van der Waals surface area contributed by atoms with Crippen LogP contribution in [0, 0.1) is 24.0 Å². The Bertz CT molecular complexity index is 2320. The number of aromatic nitrogens is 3. The van der Waals surface area contributed by atoms with E-state index in [4.69, 9.17) is 11.2 Å². The monoisotopic (exact) mass is 705 g/mol. The Labute approximate surface area is 285 Å². The first-order valence-corrected chi connectivity index (χ1v) is 17.3. The molecular formula is C36H31F4N5O4S. The second-order valence-corrected chi connectivity index (χ2v) is 14.1. The zero-order valence-electron chi connectivity index (χ0n) is 26.8. The third-order valence-corrected chi connectivity index (χ3v) is 10.4. The summed E-state index contributed by atoms with van der Waals surface area (Å²) in [6.45, 7) is 1.40. The molecule has 0 amide bonds. The number of aromatic hydroxyl groups is 1. The fourth-order valence-electron chi connectivity index (χ4n) is 7.22. The first kappa shape index (κ1) is 33.5. The van der Waals surface area contributed by atoms with E-state index in [0.29, 0.717) is 23.9 Å². The van der Waals surface area contributed by atoms with Gasteiger partial charge in [-0.05, 0) is 67.1 Å². The summed E-state index contributed by atoms with van der Waals surface area (Å²) < 4.78 is 88.8. The minimum Gasteiger partial charge on any atom is -0.508 e. The number of terminal acetylenes is 1. The van der Waals surface area contributed by atoms with Gasteiger partial charge in [0.05, 0.1) is 21.4 Å². The topological polar surface area (TPSA) is 109 Å². The standard InChI is InChI=1S/C36H31F4N5O4S/c1-3-26-29(38)9-8-22-15-24(46)16-27(30(22)26)32-31(39)33-28(18-41-35(43-33)49-20-36-11-5-12-45(36)19-23(37)17-36)34(42-32)44(2)13-10-21-6-4-7-25(14-21)50(40,47)48/h1,4,6-9,14-16,18,23,46H,5,10-13,17,19-20H2,2H3/t23-,36+/m1/s1. The van der Waals surface area contributed by atoms with Gasteiger partial charge in [0.25, 0.3) is 0 Å². The van der Waals surface area contributed by atoms with Gasteiger partial charge in [-0.25, -0.2) is 23.1 Å². The van der Waals surface area contributed by atoms with Gasteiger partial charge in [-0.1, -0.05) is 24.1 Å². The van der Waals surface area contributed by atoms with Crippen LogP contribution in [0.1, 0.15) is 30.4 Å². The van der Waals surface area contributed by atoms with E-state index in [2.05, 4.69) is 25.8 Å². The number of fused-ring (bicyclic) bond motifs is 3. The number of phenolic OH excluding ortho intramolecular Hbond substituents is 1. The van der Waals surface area contributed by atoms with Crippen molar-refractivity contribution < 1.29 is 35.3 Å². The molecule has 2 aromatic heterocycles. The normalized spacial score (nSPS) is 19.2. The van der Waals surface area contributed by atoms with Gasteiger partial charge in [0, 0.05) is 43.7 Å². The van der Waals surface area contributed by atoms with Crippen LogP contribution in [-0.2, 0) is 16.6 Å². The van der Waals surface area contributed by atoms with Crippen LogP contribution in [0.3, 0.4) is 0 Å². The lowest BCUT2D eigenvalue weighted by molar-refractivity contribution is 0.107. The average Bonchev–Trinajstić information content (AvgIpc) is 3.61. The van der Waals surface area contributed by atoms with Crippen molar-refractivity contribution in [2.75, 3.05) is 38.2 Å². The van der Waals surface area contributed by atoms with E-state index >= 15 is 4.39 Å². The van der Waals surface area contributed by atoms with Crippen molar-refractivity contribution in [1.82, 2.24) is 19.9 Å². The molecule has 0 saturated carbocycles. The number of ether oxygens (including phenoxy) is 1. The van der Waals surface area contributed by atoms with Crippen LogP contribution in [0.5, 0.6) is 11.8 Å². The minimum atomic E-state index is -4.92. The fraction of sp³-hybridized carbons (Fsp3) is 0.306. The van der Waals surface area contributed by atoms with Gasteiger partial charge in [0.15, 0.2) is 5.82 Å². The van der Waals surface area contributed by atoms with Crippen LogP contribution < -0.4 is 9.64 Å². The van der Waals surface area contributed by atoms with E-state index in [1.54, 1.807) is 18.0 Å². The third kappa shape index (κ3) is 6.05. The molecule has 50 heavy (non-hydrogen) atoms. The highest BCUT2D eigenvalue weighted by molar-refractivity contribution is 7.86. The Morgan fingerprint density at radius 3 is 2.78 bits per heavy atom. The fourth-order valence-corrected chi connectivity index (χ4v) is 7.75. The van der Waals surface area contributed by atoms with Crippen LogP contribution in [0.4, 0.5) is 22.9 Å². The molecule has 3 aromatic carbocycles. The lowest BCUT2D eigenvalue weighted by Gasteiger charge is -2.30. The van der Waals surface area contributed by atoms with Gasteiger partial charge in [-0.3, -0.25) is 4.90 Å². The van der Waals surface area contributed by atoms with Gasteiger partial charge in [0.2, 0.25) is 0 Å². The van der Waals surface area contributed by atoms with Crippen molar-refractivity contribution in [3.05, 3.63) is 77.5 Å². The highest BCUT2D eigenvalue weighted by Crippen LogP contribution is 2.42. The zero-order valence-corrected chi connectivity index (χ0v) is 27.7. The molecule has 7 rings (SSSR count). The van der Waals surface area contributed by atoms with Crippen molar-refractivity contribution >= 4 is 37.7 Å². The lowest BCUT2D eigenvalue weighted by atomic mass is 9.95. The number of alkyl halides is 1. The van der Waals surface area contributed by atoms with Crippen molar-refractivity contribution in [3.8, 4) is 35.4 Å². The summed E-state index contributed by atoms with van der Waals surface area (Å²) in [5.74, 6) is 0.657. The molecule has 0 radical (unpaired) electrons. The van der Waals surface area contributed by atoms with Crippen molar-refractivity contribution in [3.63, 3.8) is 0 Å². The molecule has 2 aliphatic rings. The van der Waals surface area contributed by atoms with Crippen LogP contribution >= 0.6 is 0 Å². The average molecular weight is 706 g/mol. The van der Waals surface area contributed by atoms with Gasteiger partial charge < -0.3 is 14.7 Å². The predicted molar refractivity (Wildman–Crippen MR) is 180 cm³/mol. The lowest BCUT2D eigenvalue weighted by Crippen LogP contribution is -2.43. The molecule has 14 heteroatoms. The van der Waals surface area contributed by atoms with Crippen molar-refractivity contribution in [2.24, 2.45) is 0 Å². The second-order valence-electron chi connectivity index (χ2n) is 12.8. The molecule has 5 aromatic rings. The predicted octanol–water partition coefficient (Wildman–Crippen LogP) is 6.10. The first-order valence-electron chi connectivity index (χ1n) is 15.9. The van der Waals surface area contributed by atoms with Gasteiger partial charge in [-0.15, -0.1) is 10.3 Å². The number of phenols is 1. The highest BCUT2D eigenvalue weighted by Gasteiger charge is 2.49. The zero-order chi connectivity index (χ0) is 35.4. The third-order valence-electron chi connectivity index (χ3n) is 9.60. The Morgan fingerprint density at radius 1 is 1.18 bits per heavy atom. The second kappa shape index (κ2) is 12.7. The Balaban J connectivity index is 1.34. The number of benzene rings is 3. The number of likely N-dealkylation sites (N-methyl/N-ethyl adjacent to an activating group) is 1. The summed E-state index contributed by atoms with van der Waals surface area (Å²) in [6.07, 6.45) is 8.29. The molecule has 0 unspecified atom stereocenters. The quantitative estimate of drug-likeness (QED) is 0.111. The molecule has 2 fully saturated rings. The van der Waals surface area contributed by atoms with E-state index in [-0.39, 0.29) is 70.3 Å². The summed E-state index contributed by atoms with van der Waals surface area (Å²) >= 11 is 0. The molecule has 0 bridgehead atoms. The highest BCUT2D eigenvalue weighted by atomic mass is 32.3. The molecule has 2 atom stereocenters. The smallest absolute Gasteiger partial charge is 0.332 e. The number of halogens is 4. The molecular weight excluding hydrogens is 674 g/mol. The van der Waals surface area contributed by atoms with E-state index in [1.165, 1.54) is 36.5 Å². The number of hydrogen-bond donors (Lipinski definition) is 1. The maximum absolute atomic E-state index is 16.8. The van der Waals surface area contributed by atoms with E-state index in [0.717, 1.165) is 31.5 Å². The largest absolute Gasteiger partial charge is 0.508 e. The molecule has 4 heterocycles. The van der Waals surface area contributed by atoms with E-state index < -0.39 is 38.5 Å². The molecule has 9 nitrogen and oxygen atoms in total. The van der Waals surface area contributed by atoms with Crippen LogP contribution in [0.15, 0.2) is 59.6 Å². The van der Waals surface area contributed by atoms with E-state index in [1.807, 2.05) is 0 Å². The number of nitrogens with zero attached hydrogens (tertiary/aromatic N) is 5.